The summed E-state index contributed by atoms with van der Waals surface area (Å²) in [6.07, 6.45) is 2.98. The lowest BCUT2D eigenvalue weighted by Gasteiger charge is -2.15. The monoisotopic (exact) mass is 231 g/mol. The number of aliphatic hydroxyl groups excluding tert-OH is 1. The molecular formula is C10H14ClNOS. The van der Waals surface area contributed by atoms with Crippen LogP contribution in [0.1, 0.15) is 24.1 Å². The molecule has 0 amide bonds. The zero-order chi connectivity index (χ0) is 9.97. The van der Waals surface area contributed by atoms with Crippen LogP contribution in [0.3, 0.4) is 0 Å². The van der Waals surface area contributed by atoms with Crippen molar-refractivity contribution < 1.29 is 5.11 Å². The maximum atomic E-state index is 9.59. The highest BCUT2D eigenvalue weighted by Crippen LogP contribution is 2.23. The highest BCUT2D eigenvalue weighted by molar-refractivity contribution is 7.16. The Morgan fingerprint density at radius 3 is 2.93 bits per heavy atom. The van der Waals surface area contributed by atoms with Gasteiger partial charge in [0.1, 0.15) is 0 Å². The van der Waals surface area contributed by atoms with E-state index in [1.54, 1.807) is 11.3 Å². The topological polar surface area (TPSA) is 32.3 Å². The molecule has 1 saturated carbocycles. The predicted molar refractivity (Wildman–Crippen MR) is 59.8 cm³/mol. The van der Waals surface area contributed by atoms with Gasteiger partial charge in [0, 0.05) is 17.5 Å². The Labute approximate surface area is 92.9 Å². The van der Waals surface area contributed by atoms with E-state index in [1.165, 1.54) is 4.88 Å². The molecule has 0 radical (unpaired) electrons. The summed E-state index contributed by atoms with van der Waals surface area (Å²) >= 11 is 7.42. The second kappa shape index (κ2) is 4.62. The number of hydrogen-bond donors (Lipinski definition) is 2. The third kappa shape index (κ3) is 2.48. The Bertz CT molecular complexity index is 302. The van der Waals surface area contributed by atoms with Gasteiger partial charge in [-0.15, -0.1) is 11.3 Å². The summed E-state index contributed by atoms with van der Waals surface area (Å²) in [6.45, 7) is 0.819. The lowest BCUT2D eigenvalue weighted by molar-refractivity contribution is 0.149. The SMILES string of the molecule is O[C@@H]1CCC[C@H]1NCc1ccc(Cl)s1. The number of hydrogen-bond acceptors (Lipinski definition) is 3. The van der Waals surface area contributed by atoms with Crippen molar-refractivity contribution in [2.24, 2.45) is 0 Å². The van der Waals surface area contributed by atoms with Gasteiger partial charge in [0.25, 0.3) is 0 Å². The third-order valence-corrected chi connectivity index (χ3v) is 3.88. The first-order chi connectivity index (χ1) is 6.75. The normalized spacial score (nSPS) is 27.0. The Morgan fingerprint density at radius 1 is 1.50 bits per heavy atom. The van der Waals surface area contributed by atoms with Crippen molar-refractivity contribution in [3.8, 4) is 0 Å². The standard InChI is InChI=1S/C10H14ClNOS/c11-10-5-4-7(14-10)6-12-8-2-1-3-9(8)13/h4-5,8-9,12-13H,1-3,6H2/t8-,9-/m1/s1. The van der Waals surface area contributed by atoms with E-state index in [9.17, 15) is 5.11 Å². The molecule has 1 aromatic heterocycles. The first kappa shape index (κ1) is 10.4. The lowest BCUT2D eigenvalue weighted by Crippen LogP contribution is -2.34. The minimum absolute atomic E-state index is 0.162. The molecule has 0 unspecified atom stereocenters. The fourth-order valence-corrected chi connectivity index (χ4v) is 2.90. The molecule has 4 heteroatoms. The number of thiophene rings is 1. The van der Waals surface area contributed by atoms with Crippen molar-refractivity contribution in [2.75, 3.05) is 0 Å². The fraction of sp³-hybridized carbons (Fsp3) is 0.600. The Morgan fingerprint density at radius 2 is 2.36 bits per heavy atom. The van der Waals surface area contributed by atoms with Crippen LogP contribution in [-0.4, -0.2) is 17.3 Å². The second-order valence-corrected chi connectivity index (χ2v) is 5.49. The molecular weight excluding hydrogens is 218 g/mol. The number of rotatable bonds is 3. The highest BCUT2D eigenvalue weighted by Gasteiger charge is 2.24. The largest absolute Gasteiger partial charge is 0.392 e. The summed E-state index contributed by atoms with van der Waals surface area (Å²) in [5.41, 5.74) is 0. The van der Waals surface area contributed by atoms with Crippen LogP contribution in [0.25, 0.3) is 0 Å². The zero-order valence-corrected chi connectivity index (χ0v) is 9.44. The van der Waals surface area contributed by atoms with E-state index in [1.807, 2.05) is 12.1 Å². The van der Waals surface area contributed by atoms with Gasteiger partial charge >= 0.3 is 0 Å². The highest BCUT2D eigenvalue weighted by atomic mass is 35.5. The average molecular weight is 232 g/mol. The van der Waals surface area contributed by atoms with Crippen molar-refractivity contribution in [1.82, 2.24) is 5.32 Å². The Hall–Kier alpha value is -0.0900. The summed E-state index contributed by atoms with van der Waals surface area (Å²) < 4.78 is 0.828. The van der Waals surface area contributed by atoms with Gasteiger partial charge in [-0.3, -0.25) is 0 Å². The predicted octanol–water partition coefficient (Wildman–Crippen LogP) is 2.40. The van der Waals surface area contributed by atoms with Gasteiger partial charge in [-0.05, 0) is 31.4 Å². The van der Waals surface area contributed by atoms with Gasteiger partial charge < -0.3 is 10.4 Å². The summed E-state index contributed by atoms with van der Waals surface area (Å²) in [7, 11) is 0. The van der Waals surface area contributed by atoms with E-state index in [0.29, 0.717) is 0 Å². The van der Waals surface area contributed by atoms with E-state index < -0.39 is 0 Å². The first-order valence-electron chi connectivity index (χ1n) is 4.91. The molecule has 78 valence electrons. The number of nitrogens with one attached hydrogen (secondary N) is 1. The second-order valence-electron chi connectivity index (χ2n) is 3.69. The summed E-state index contributed by atoms with van der Waals surface area (Å²) in [6, 6.07) is 4.21. The smallest absolute Gasteiger partial charge is 0.0931 e. The van der Waals surface area contributed by atoms with Gasteiger partial charge in [-0.2, -0.15) is 0 Å². The zero-order valence-electron chi connectivity index (χ0n) is 7.87. The average Bonchev–Trinajstić information content (AvgIpc) is 2.72. The lowest BCUT2D eigenvalue weighted by atomic mass is 10.2. The molecule has 1 aromatic rings. The minimum atomic E-state index is -0.162. The van der Waals surface area contributed by atoms with Crippen LogP contribution in [0, 0.1) is 0 Å². The van der Waals surface area contributed by atoms with Gasteiger partial charge in [0.05, 0.1) is 10.4 Å². The molecule has 0 aromatic carbocycles. The van der Waals surface area contributed by atoms with Crippen LogP contribution in [0.15, 0.2) is 12.1 Å². The molecule has 1 fully saturated rings. The molecule has 0 saturated heterocycles. The van der Waals surface area contributed by atoms with Crippen LogP contribution >= 0.6 is 22.9 Å². The number of halogens is 1. The molecule has 0 spiro atoms. The third-order valence-electron chi connectivity index (χ3n) is 2.65. The van der Waals surface area contributed by atoms with E-state index in [4.69, 9.17) is 11.6 Å². The Balaban J connectivity index is 1.82. The molecule has 1 aliphatic rings. The quantitative estimate of drug-likeness (QED) is 0.838. The first-order valence-corrected chi connectivity index (χ1v) is 6.11. The van der Waals surface area contributed by atoms with E-state index >= 15 is 0 Å². The molecule has 2 N–H and O–H groups in total. The van der Waals surface area contributed by atoms with Gasteiger partial charge in [0.15, 0.2) is 0 Å². The molecule has 0 aliphatic heterocycles. The van der Waals surface area contributed by atoms with E-state index in [2.05, 4.69) is 5.32 Å². The van der Waals surface area contributed by atoms with Gasteiger partial charge in [-0.1, -0.05) is 11.6 Å². The van der Waals surface area contributed by atoms with Crippen LogP contribution < -0.4 is 5.32 Å². The van der Waals surface area contributed by atoms with Crippen molar-refractivity contribution in [3.05, 3.63) is 21.3 Å². The molecule has 1 aliphatic carbocycles. The van der Waals surface area contributed by atoms with Crippen molar-refractivity contribution in [2.45, 2.75) is 38.0 Å². The van der Waals surface area contributed by atoms with Crippen LogP contribution in [-0.2, 0) is 6.54 Å². The minimum Gasteiger partial charge on any atom is -0.392 e. The molecule has 14 heavy (non-hydrogen) atoms. The van der Waals surface area contributed by atoms with Crippen LogP contribution in [0.5, 0.6) is 0 Å². The van der Waals surface area contributed by atoms with Crippen LogP contribution in [0.4, 0.5) is 0 Å². The molecule has 2 rings (SSSR count). The van der Waals surface area contributed by atoms with Gasteiger partial charge in [0.2, 0.25) is 0 Å². The van der Waals surface area contributed by atoms with Crippen LogP contribution in [0.2, 0.25) is 4.34 Å². The fourth-order valence-electron chi connectivity index (χ4n) is 1.86. The molecule has 2 nitrogen and oxygen atoms in total. The Kier molecular flexibility index (Phi) is 3.44. The molecule has 1 heterocycles. The van der Waals surface area contributed by atoms with Crippen molar-refractivity contribution in [3.63, 3.8) is 0 Å². The van der Waals surface area contributed by atoms with E-state index in [-0.39, 0.29) is 12.1 Å². The van der Waals surface area contributed by atoms with Gasteiger partial charge in [-0.25, -0.2) is 0 Å². The maximum absolute atomic E-state index is 9.59. The summed E-state index contributed by atoms with van der Waals surface area (Å²) in [4.78, 5) is 1.23. The maximum Gasteiger partial charge on any atom is 0.0931 e. The van der Waals surface area contributed by atoms with Crippen molar-refractivity contribution >= 4 is 22.9 Å². The summed E-state index contributed by atoms with van der Waals surface area (Å²) in [5, 5.41) is 12.9. The molecule has 0 bridgehead atoms. The van der Waals surface area contributed by atoms with E-state index in [0.717, 1.165) is 30.1 Å². The summed E-state index contributed by atoms with van der Waals surface area (Å²) in [5.74, 6) is 0. The van der Waals surface area contributed by atoms with Crippen molar-refractivity contribution in [1.29, 1.82) is 0 Å². The molecule has 2 atom stereocenters. The number of aliphatic hydroxyl groups is 1.